The number of hydrogen-bond acceptors (Lipinski definition) is 5. The third-order valence-electron chi connectivity index (χ3n) is 2.21. The van der Waals surface area contributed by atoms with E-state index in [-0.39, 0.29) is 16.8 Å². The molecule has 2 N–H and O–H groups in total. The van der Waals surface area contributed by atoms with Crippen LogP contribution in [0.4, 0.5) is 5.82 Å². The molecular weight excluding hydrogens is 242 g/mol. The van der Waals surface area contributed by atoms with Crippen LogP contribution in [-0.4, -0.2) is 33.5 Å². The van der Waals surface area contributed by atoms with E-state index >= 15 is 0 Å². The van der Waals surface area contributed by atoms with Crippen LogP contribution in [0.1, 0.15) is 36.5 Å². The number of aliphatic hydroxyl groups is 1. The summed E-state index contributed by atoms with van der Waals surface area (Å²) in [6.45, 7) is 5.30. The van der Waals surface area contributed by atoms with Gasteiger partial charge in [0, 0.05) is 6.04 Å². The average molecular weight is 258 g/mol. The Balaban J connectivity index is 2.93. The van der Waals surface area contributed by atoms with Crippen molar-refractivity contribution in [3.63, 3.8) is 0 Å². The topological polar surface area (TPSA) is 75.1 Å². The van der Waals surface area contributed by atoms with Gasteiger partial charge in [-0.1, -0.05) is 11.6 Å². The SMILES string of the molecule is Cc1nc(Cl)c(C=O)c(NC(C)CC(C)O)n1. The second-order valence-corrected chi connectivity index (χ2v) is 4.43. The van der Waals surface area contributed by atoms with Crippen molar-refractivity contribution in [2.24, 2.45) is 0 Å². The molecule has 0 aliphatic carbocycles. The highest BCUT2D eigenvalue weighted by atomic mass is 35.5. The number of hydrogen-bond donors (Lipinski definition) is 2. The second kappa shape index (κ2) is 5.93. The van der Waals surface area contributed by atoms with E-state index in [2.05, 4.69) is 15.3 Å². The molecule has 6 heteroatoms. The Hall–Kier alpha value is -1.20. The maximum atomic E-state index is 10.9. The van der Waals surface area contributed by atoms with Gasteiger partial charge in [0.05, 0.1) is 11.7 Å². The second-order valence-electron chi connectivity index (χ2n) is 4.07. The van der Waals surface area contributed by atoms with Crippen molar-refractivity contribution < 1.29 is 9.90 Å². The van der Waals surface area contributed by atoms with E-state index in [1.54, 1.807) is 13.8 Å². The Bertz CT molecular complexity index is 410. The molecule has 0 spiro atoms. The maximum Gasteiger partial charge on any atom is 0.156 e. The van der Waals surface area contributed by atoms with Crippen molar-refractivity contribution in [2.45, 2.75) is 39.3 Å². The predicted molar refractivity (Wildman–Crippen MR) is 66.5 cm³/mol. The van der Waals surface area contributed by atoms with Gasteiger partial charge in [-0.05, 0) is 27.2 Å². The summed E-state index contributed by atoms with van der Waals surface area (Å²) in [7, 11) is 0. The first kappa shape index (κ1) is 13.9. The highest BCUT2D eigenvalue weighted by Gasteiger charge is 2.14. The van der Waals surface area contributed by atoms with Gasteiger partial charge in [0.2, 0.25) is 0 Å². The average Bonchev–Trinajstić information content (AvgIpc) is 2.15. The lowest BCUT2D eigenvalue weighted by Crippen LogP contribution is -2.22. The Kier molecular flexibility index (Phi) is 4.84. The standard InChI is InChI=1S/C11H16ClN3O2/c1-6(4-7(2)17)13-11-9(5-16)10(12)14-8(3)15-11/h5-7,17H,4H2,1-3H3,(H,13,14,15). The maximum absolute atomic E-state index is 10.9. The fourth-order valence-electron chi connectivity index (χ4n) is 1.57. The number of rotatable bonds is 5. The lowest BCUT2D eigenvalue weighted by molar-refractivity contribution is 0.112. The largest absolute Gasteiger partial charge is 0.393 e. The molecule has 0 bridgehead atoms. The van der Waals surface area contributed by atoms with Crippen LogP contribution < -0.4 is 5.32 Å². The molecule has 0 aromatic carbocycles. The molecular formula is C11H16ClN3O2. The van der Waals surface area contributed by atoms with E-state index in [1.807, 2.05) is 6.92 Å². The van der Waals surface area contributed by atoms with E-state index in [0.29, 0.717) is 24.3 Å². The van der Waals surface area contributed by atoms with Crippen molar-refractivity contribution in [2.75, 3.05) is 5.32 Å². The lowest BCUT2D eigenvalue weighted by atomic mass is 10.1. The molecule has 0 saturated carbocycles. The van der Waals surface area contributed by atoms with Crippen molar-refractivity contribution in [3.8, 4) is 0 Å². The molecule has 1 heterocycles. The Morgan fingerprint density at radius 3 is 2.65 bits per heavy atom. The third kappa shape index (κ3) is 3.94. The number of aldehydes is 1. The number of halogens is 1. The molecule has 94 valence electrons. The summed E-state index contributed by atoms with van der Waals surface area (Å²) in [4.78, 5) is 18.9. The number of nitrogens with zero attached hydrogens (tertiary/aromatic N) is 2. The number of aliphatic hydroxyl groups excluding tert-OH is 1. The molecule has 5 nitrogen and oxygen atoms in total. The van der Waals surface area contributed by atoms with Crippen LogP contribution >= 0.6 is 11.6 Å². The first-order valence-electron chi connectivity index (χ1n) is 5.38. The zero-order valence-electron chi connectivity index (χ0n) is 10.1. The van der Waals surface area contributed by atoms with E-state index in [0.717, 1.165) is 0 Å². The monoisotopic (exact) mass is 257 g/mol. The van der Waals surface area contributed by atoms with Gasteiger partial charge in [-0.3, -0.25) is 4.79 Å². The minimum Gasteiger partial charge on any atom is -0.393 e. The first-order chi connectivity index (χ1) is 7.93. The first-order valence-corrected chi connectivity index (χ1v) is 5.75. The van der Waals surface area contributed by atoms with Gasteiger partial charge in [0.15, 0.2) is 6.29 Å². The minimum atomic E-state index is -0.421. The Morgan fingerprint density at radius 2 is 2.12 bits per heavy atom. The summed E-state index contributed by atoms with van der Waals surface area (Å²) >= 11 is 5.85. The summed E-state index contributed by atoms with van der Waals surface area (Å²) in [5.74, 6) is 0.901. The van der Waals surface area contributed by atoms with Crippen LogP contribution in [0.15, 0.2) is 0 Å². The van der Waals surface area contributed by atoms with Gasteiger partial charge >= 0.3 is 0 Å². The number of nitrogens with one attached hydrogen (secondary N) is 1. The summed E-state index contributed by atoms with van der Waals surface area (Å²) in [5, 5.41) is 12.5. The lowest BCUT2D eigenvalue weighted by Gasteiger charge is -2.17. The van der Waals surface area contributed by atoms with Crippen molar-refractivity contribution in [1.29, 1.82) is 0 Å². The molecule has 2 atom stereocenters. The molecule has 0 saturated heterocycles. The molecule has 0 aliphatic heterocycles. The minimum absolute atomic E-state index is 0.0148. The van der Waals surface area contributed by atoms with E-state index < -0.39 is 6.10 Å². The summed E-state index contributed by atoms with van der Waals surface area (Å²) in [6, 6.07) is -0.0148. The molecule has 0 radical (unpaired) electrons. The zero-order valence-corrected chi connectivity index (χ0v) is 10.8. The van der Waals surface area contributed by atoms with Crippen molar-refractivity contribution >= 4 is 23.7 Å². The summed E-state index contributed by atoms with van der Waals surface area (Å²) in [6.07, 6.45) is 0.758. The Morgan fingerprint density at radius 1 is 1.47 bits per heavy atom. The normalized spacial score (nSPS) is 14.2. The van der Waals surface area contributed by atoms with Crippen LogP contribution in [0.2, 0.25) is 5.15 Å². The fraction of sp³-hybridized carbons (Fsp3) is 0.545. The molecule has 17 heavy (non-hydrogen) atoms. The third-order valence-corrected chi connectivity index (χ3v) is 2.49. The number of aromatic nitrogens is 2. The number of carbonyl (C=O) groups is 1. The molecule has 1 rings (SSSR count). The molecule has 1 aromatic rings. The van der Waals surface area contributed by atoms with Crippen LogP contribution in [0.25, 0.3) is 0 Å². The quantitative estimate of drug-likeness (QED) is 0.622. The van der Waals surface area contributed by atoms with Gasteiger partial charge in [-0.15, -0.1) is 0 Å². The smallest absolute Gasteiger partial charge is 0.156 e. The van der Waals surface area contributed by atoms with Crippen LogP contribution in [0, 0.1) is 6.92 Å². The molecule has 1 aromatic heterocycles. The molecule has 0 aliphatic rings. The number of carbonyl (C=O) groups excluding carboxylic acids is 1. The van der Waals surface area contributed by atoms with Gasteiger partial charge in [0.25, 0.3) is 0 Å². The van der Waals surface area contributed by atoms with Gasteiger partial charge < -0.3 is 10.4 Å². The van der Waals surface area contributed by atoms with Crippen LogP contribution in [0.5, 0.6) is 0 Å². The highest BCUT2D eigenvalue weighted by Crippen LogP contribution is 2.20. The van der Waals surface area contributed by atoms with Crippen LogP contribution in [-0.2, 0) is 0 Å². The van der Waals surface area contributed by atoms with Crippen molar-refractivity contribution in [3.05, 3.63) is 16.5 Å². The summed E-state index contributed by atoms with van der Waals surface area (Å²) in [5.41, 5.74) is 0.245. The van der Waals surface area contributed by atoms with Gasteiger partial charge in [-0.25, -0.2) is 9.97 Å². The fourth-order valence-corrected chi connectivity index (χ4v) is 1.82. The predicted octanol–water partition coefficient (Wildman–Crippen LogP) is 1.82. The van der Waals surface area contributed by atoms with Crippen molar-refractivity contribution in [1.82, 2.24) is 9.97 Å². The number of aryl methyl sites for hydroxylation is 1. The van der Waals surface area contributed by atoms with E-state index in [4.69, 9.17) is 11.6 Å². The number of anilines is 1. The van der Waals surface area contributed by atoms with Crippen LogP contribution in [0.3, 0.4) is 0 Å². The molecule has 2 unspecified atom stereocenters. The van der Waals surface area contributed by atoms with E-state index in [9.17, 15) is 9.90 Å². The van der Waals surface area contributed by atoms with Gasteiger partial charge in [0.1, 0.15) is 16.8 Å². The molecule has 0 fully saturated rings. The summed E-state index contributed by atoms with van der Waals surface area (Å²) < 4.78 is 0. The molecule has 0 amide bonds. The van der Waals surface area contributed by atoms with Gasteiger partial charge in [-0.2, -0.15) is 0 Å². The highest BCUT2D eigenvalue weighted by molar-refractivity contribution is 6.32. The Labute approximate surface area is 105 Å². The van der Waals surface area contributed by atoms with E-state index in [1.165, 1.54) is 0 Å². The zero-order chi connectivity index (χ0) is 13.0.